The Balaban J connectivity index is 1.55. The zero-order valence-corrected chi connectivity index (χ0v) is 21.4. The average molecular weight is 540 g/mol. The van der Waals surface area contributed by atoms with E-state index in [1.807, 2.05) is 37.3 Å². The van der Waals surface area contributed by atoms with Crippen LogP contribution >= 0.6 is 23.2 Å². The number of amides is 3. The van der Waals surface area contributed by atoms with Crippen LogP contribution in [0.2, 0.25) is 10.0 Å². The first-order valence-electron chi connectivity index (χ1n) is 11.6. The Kier molecular flexibility index (Phi) is 8.43. The van der Waals surface area contributed by atoms with E-state index < -0.39 is 11.9 Å². The molecular weight excluding hydrogens is 516 g/mol. The second-order valence-electron chi connectivity index (χ2n) is 8.17. The van der Waals surface area contributed by atoms with Crippen molar-refractivity contribution in [1.29, 1.82) is 0 Å². The fourth-order valence-electron chi connectivity index (χ4n) is 3.67. The van der Waals surface area contributed by atoms with Gasteiger partial charge in [-0.05, 0) is 42.8 Å². The predicted octanol–water partition coefficient (Wildman–Crippen LogP) is 6.87. The number of carbonyl (C=O) groups is 2. The summed E-state index contributed by atoms with van der Waals surface area (Å²) in [5.74, 6) is -0.431. The van der Waals surface area contributed by atoms with Crippen LogP contribution in [0, 0.1) is 5.82 Å². The number of aromatic nitrogens is 2. The zero-order chi connectivity index (χ0) is 26.4. The molecule has 0 fully saturated rings. The van der Waals surface area contributed by atoms with Gasteiger partial charge < -0.3 is 15.5 Å². The highest BCUT2D eigenvalue weighted by Crippen LogP contribution is 2.30. The molecule has 2 N–H and O–H groups in total. The molecule has 0 radical (unpaired) electrons. The van der Waals surface area contributed by atoms with Crippen molar-refractivity contribution in [3.63, 3.8) is 0 Å². The highest BCUT2D eigenvalue weighted by Gasteiger charge is 2.20. The van der Waals surface area contributed by atoms with Gasteiger partial charge >= 0.3 is 6.03 Å². The van der Waals surface area contributed by atoms with E-state index in [0.29, 0.717) is 40.9 Å². The lowest BCUT2D eigenvalue weighted by atomic mass is 10.1. The number of halogens is 3. The van der Waals surface area contributed by atoms with Crippen molar-refractivity contribution in [3.8, 4) is 16.9 Å². The van der Waals surface area contributed by atoms with Crippen molar-refractivity contribution in [2.24, 2.45) is 0 Å². The number of nitrogens with one attached hydrogen (secondary N) is 2. The molecule has 1 heterocycles. The minimum atomic E-state index is -0.488. The lowest BCUT2D eigenvalue weighted by Crippen LogP contribution is -2.41. The summed E-state index contributed by atoms with van der Waals surface area (Å²) >= 11 is 12.2. The number of nitrogens with zero attached hydrogens (tertiary/aromatic N) is 3. The number of carbonyl (C=O) groups excluding carboxylic acids is 2. The first kappa shape index (κ1) is 26.2. The fourth-order valence-corrected chi connectivity index (χ4v) is 4.02. The maximum Gasteiger partial charge on any atom is 0.322 e. The Hall–Kier alpha value is -3.88. The quantitative estimate of drug-likeness (QED) is 0.256. The molecular formula is C27H24Cl2FN5O2. The van der Waals surface area contributed by atoms with Gasteiger partial charge in [0, 0.05) is 18.2 Å². The van der Waals surface area contributed by atoms with Crippen molar-refractivity contribution < 1.29 is 14.0 Å². The van der Waals surface area contributed by atoms with Gasteiger partial charge in [-0.25, -0.2) is 13.9 Å². The summed E-state index contributed by atoms with van der Waals surface area (Å²) in [5, 5.41) is 10.7. The van der Waals surface area contributed by atoms with Crippen LogP contribution in [-0.4, -0.2) is 39.7 Å². The molecule has 37 heavy (non-hydrogen) atoms. The number of rotatable bonds is 8. The van der Waals surface area contributed by atoms with Crippen molar-refractivity contribution in [2.45, 2.75) is 13.3 Å². The second kappa shape index (κ2) is 11.9. The first-order chi connectivity index (χ1) is 17.9. The summed E-state index contributed by atoms with van der Waals surface area (Å²) in [6, 6.07) is 21.4. The van der Waals surface area contributed by atoms with Crippen LogP contribution in [0.5, 0.6) is 0 Å². The van der Waals surface area contributed by atoms with E-state index >= 15 is 0 Å². The normalized spacial score (nSPS) is 10.7. The molecule has 4 rings (SSSR count). The molecule has 0 aliphatic heterocycles. The molecule has 10 heteroatoms. The van der Waals surface area contributed by atoms with E-state index in [1.54, 1.807) is 36.4 Å². The third-order valence-corrected chi connectivity index (χ3v) is 6.24. The molecule has 3 amide bonds. The molecule has 1 aromatic heterocycles. The first-order valence-corrected chi connectivity index (χ1v) is 12.3. The molecule has 4 aromatic rings. The topological polar surface area (TPSA) is 79.3 Å². The van der Waals surface area contributed by atoms with E-state index in [0.717, 1.165) is 5.56 Å². The van der Waals surface area contributed by atoms with Gasteiger partial charge in [0.1, 0.15) is 18.2 Å². The summed E-state index contributed by atoms with van der Waals surface area (Å²) in [7, 11) is 0. The van der Waals surface area contributed by atoms with Gasteiger partial charge in [-0.1, -0.05) is 66.5 Å². The number of benzene rings is 3. The molecule has 0 saturated heterocycles. The van der Waals surface area contributed by atoms with Crippen LogP contribution in [-0.2, 0) is 4.79 Å². The van der Waals surface area contributed by atoms with E-state index in [1.165, 1.54) is 21.7 Å². The molecule has 3 aromatic carbocycles. The summed E-state index contributed by atoms with van der Waals surface area (Å²) in [6.07, 6.45) is 0.635. The molecule has 0 unspecified atom stereocenters. The summed E-state index contributed by atoms with van der Waals surface area (Å²) in [6.45, 7) is 2.03. The highest BCUT2D eigenvalue weighted by atomic mass is 35.5. The van der Waals surface area contributed by atoms with Crippen LogP contribution in [0.3, 0.4) is 0 Å². The van der Waals surface area contributed by atoms with Gasteiger partial charge in [0.05, 0.1) is 27.1 Å². The number of hydrogen-bond donors (Lipinski definition) is 2. The number of urea groups is 1. The Morgan fingerprint density at radius 1 is 0.973 bits per heavy atom. The molecule has 0 aliphatic carbocycles. The molecule has 0 atom stereocenters. The highest BCUT2D eigenvalue weighted by molar-refractivity contribution is 6.44. The van der Waals surface area contributed by atoms with E-state index in [9.17, 15) is 14.0 Å². The third kappa shape index (κ3) is 6.47. The van der Waals surface area contributed by atoms with Gasteiger partial charge in [-0.15, -0.1) is 0 Å². The Morgan fingerprint density at radius 3 is 2.41 bits per heavy atom. The zero-order valence-electron chi connectivity index (χ0n) is 19.9. The monoisotopic (exact) mass is 539 g/mol. The van der Waals surface area contributed by atoms with Crippen LogP contribution < -0.4 is 10.6 Å². The third-order valence-electron chi connectivity index (χ3n) is 5.43. The van der Waals surface area contributed by atoms with Gasteiger partial charge in [-0.2, -0.15) is 5.10 Å². The Morgan fingerprint density at radius 2 is 1.70 bits per heavy atom. The average Bonchev–Trinajstić information content (AvgIpc) is 3.31. The number of anilines is 2. The van der Waals surface area contributed by atoms with Gasteiger partial charge in [0.2, 0.25) is 5.91 Å². The van der Waals surface area contributed by atoms with Crippen molar-refractivity contribution in [3.05, 3.63) is 94.7 Å². The molecule has 190 valence electrons. The number of hydrogen-bond acceptors (Lipinski definition) is 3. The summed E-state index contributed by atoms with van der Waals surface area (Å²) in [4.78, 5) is 27.4. The largest absolute Gasteiger partial charge is 0.322 e. The van der Waals surface area contributed by atoms with E-state index in [-0.39, 0.29) is 17.4 Å². The van der Waals surface area contributed by atoms with Crippen molar-refractivity contribution >= 4 is 46.6 Å². The summed E-state index contributed by atoms with van der Waals surface area (Å²) in [5.41, 5.74) is 2.39. The van der Waals surface area contributed by atoms with Gasteiger partial charge in [0.25, 0.3) is 0 Å². The van der Waals surface area contributed by atoms with Crippen molar-refractivity contribution in [2.75, 3.05) is 23.7 Å². The lowest BCUT2D eigenvalue weighted by molar-refractivity contribution is -0.116. The molecule has 0 spiro atoms. The Bertz CT molecular complexity index is 1390. The van der Waals surface area contributed by atoms with Crippen LogP contribution in [0.25, 0.3) is 16.9 Å². The minimum absolute atomic E-state index is 0.215. The Labute approximate surface area is 223 Å². The maximum atomic E-state index is 13.5. The van der Waals surface area contributed by atoms with Crippen molar-refractivity contribution in [1.82, 2.24) is 14.7 Å². The SMILES string of the molecule is CCCN(CC(=O)Nc1cc(-c2ccccc2)nn1-c1ccc(F)cc1)C(=O)Nc1cccc(Cl)c1Cl. The molecule has 0 aliphatic rings. The van der Waals surface area contributed by atoms with Gasteiger partial charge in [0.15, 0.2) is 0 Å². The van der Waals surface area contributed by atoms with E-state index in [2.05, 4.69) is 15.7 Å². The summed E-state index contributed by atoms with van der Waals surface area (Å²) < 4.78 is 15.0. The van der Waals surface area contributed by atoms with Crippen LogP contribution in [0.1, 0.15) is 13.3 Å². The standard InChI is InChI=1S/C27H24Cl2FN5O2/c1-2-15-34(27(37)31-22-10-6-9-21(28)26(22)29)17-25(36)32-24-16-23(18-7-4-3-5-8-18)33-35(24)20-13-11-19(30)12-14-20/h3-14,16H,2,15,17H2,1H3,(H,31,37)(H,32,36). The van der Waals surface area contributed by atoms with Gasteiger partial charge in [-0.3, -0.25) is 4.79 Å². The van der Waals surface area contributed by atoms with Crippen LogP contribution in [0.15, 0.2) is 78.9 Å². The molecule has 0 bridgehead atoms. The minimum Gasteiger partial charge on any atom is -0.315 e. The molecule has 0 saturated carbocycles. The molecule has 7 nitrogen and oxygen atoms in total. The van der Waals surface area contributed by atoms with Crippen LogP contribution in [0.4, 0.5) is 20.7 Å². The van der Waals surface area contributed by atoms with E-state index in [4.69, 9.17) is 23.2 Å². The fraction of sp³-hybridized carbons (Fsp3) is 0.148. The lowest BCUT2D eigenvalue weighted by Gasteiger charge is -2.22. The maximum absolute atomic E-state index is 13.5. The predicted molar refractivity (Wildman–Crippen MR) is 145 cm³/mol. The second-order valence-corrected chi connectivity index (χ2v) is 8.96. The smallest absolute Gasteiger partial charge is 0.315 e.